The van der Waals surface area contributed by atoms with E-state index < -0.39 is 0 Å². The summed E-state index contributed by atoms with van der Waals surface area (Å²) in [6.45, 7) is 6.92. The van der Waals surface area contributed by atoms with E-state index in [0.29, 0.717) is 0 Å². The van der Waals surface area contributed by atoms with Gasteiger partial charge in [-0.3, -0.25) is 0 Å². The molecule has 0 heteroatoms. The molecule has 0 aliphatic heterocycles. The second-order valence-electron chi connectivity index (χ2n) is 4.95. The van der Waals surface area contributed by atoms with Crippen molar-refractivity contribution in [2.75, 3.05) is 0 Å². The number of hydrogen-bond acceptors (Lipinski definition) is 0. The Hall–Kier alpha value is -0.260. The molecule has 0 bridgehead atoms. The third kappa shape index (κ3) is 4.30. The van der Waals surface area contributed by atoms with Crippen molar-refractivity contribution in [1.29, 1.82) is 0 Å². The average molecular weight is 194 g/mol. The van der Waals surface area contributed by atoms with Crippen LogP contribution in [0.1, 0.15) is 59.3 Å². The van der Waals surface area contributed by atoms with Crippen molar-refractivity contribution in [2.45, 2.75) is 59.3 Å². The molecular weight excluding hydrogens is 168 g/mol. The van der Waals surface area contributed by atoms with Crippen molar-refractivity contribution in [3.8, 4) is 0 Å². The molecule has 1 rings (SSSR count). The van der Waals surface area contributed by atoms with Crippen LogP contribution in [0.25, 0.3) is 0 Å². The lowest BCUT2D eigenvalue weighted by Crippen LogP contribution is -1.89. The van der Waals surface area contributed by atoms with Crippen LogP contribution < -0.4 is 0 Å². The fourth-order valence-electron chi connectivity index (χ4n) is 2.16. The van der Waals surface area contributed by atoms with E-state index in [1.807, 2.05) is 0 Å². The first-order valence-corrected chi connectivity index (χ1v) is 6.46. The van der Waals surface area contributed by atoms with Crippen molar-refractivity contribution >= 4 is 0 Å². The van der Waals surface area contributed by atoms with Crippen LogP contribution in [0.3, 0.4) is 0 Å². The number of rotatable bonds is 7. The summed E-state index contributed by atoms with van der Waals surface area (Å²) in [5.41, 5.74) is 0. The van der Waals surface area contributed by atoms with E-state index in [2.05, 4.69) is 32.9 Å². The van der Waals surface area contributed by atoms with Gasteiger partial charge in [0.25, 0.3) is 0 Å². The standard InChI is InChI=1S/C14H26/c1-4-6-8-12(3)9-10-14-11-13(14)7-5-2/h9-10,12-14H,4-8,11H2,1-3H3. The molecule has 0 radical (unpaired) electrons. The Morgan fingerprint density at radius 2 is 2.07 bits per heavy atom. The van der Waals surface area contributed by atoms with Crippen LogP contribution in [-0.4, -0.2) is 0 Å². The molecule has 0 N–H and O–H groups in total. The van der Waals surface area contributed by atoms with E-state index in [9.17, 15) is 0 Å². The predicted molar refractivity (Wildman–Crippen MR) is 64.3 cm³/mol. The SMILES string of the molecule is CCCCC(C)C=CC1CC1CCC. The highest BCUT2D eigenvalue weighted by Gasteiger charge is 2.33. The van der Waals surface area contributed by atoms with E-state index in [-0.39, 0.29) is 0 Å². The number of allylic oxidation sites excluding steroid dienone is 2. The van der Waals surface area contributed by atoms with Crippen molar-refractivity contribution in [3.05, 3.63) is 12.2 Å². The maximum absolute atomic E-state index is 2.49. The molecule has 0 spiro atoms. The van der Waals surface area contributed by atoms with Gasteiger partial charge in [0.05, 0.1) is 0 Å². The number of unbranched alkanes of at least 4 members (excludes halogenated alkanes) is 1. The molecule has 1 saturated carbocycles. The molecule has 0 aromatic rings. The zero-order chi connectivity index (χ0) is 10.4. The van der Waals surface area contributed by atoms with Gasteiger partial charge in [0.1, 0.15) is 0 Å². The Morgan fingerprint density at radius 3 is 2.71 bits per heavy atom. The summed E-state index contributed by atoms with van der Waals surface area (Å²) in [6, 6.07) is 0. The highest BCUT2D eigenvalue weighted by Crippen LogP contribution is 2.43. The third-order valence-electron chi connectivity index (χ3n) is 3.34. The van der Waals surface area contributed by atoms with E-state index in [1.54, 1.807) is 0 Å². The van der Waals surface area contributed by atoms with Crippen molar-refractivity contribution in [3.63, 3.8) is 0 Å². The fraction of sp³-hybridized carbons (Fsp3) is 0.857. The summed E-state index contributed by atoms with van der Waals surface area (Å²) < 4.78 is 0. The summed E-state index contributed by atoms with van der Waals surface area (Å²) in [4.78, 5) is 0. The highest BCUT2D eigenvalue weighted by molar-refractivity contribution is 5.02. The normalized spacial score (nSPS) is 28.2. The molecule has 3 atom stereocenters. The maximum Gasteiger partial charge on any atom is -0.0202 e. The van der Waals surface area contributed by atoms with Crippen LogP contribution in [0, 0.1) is 17.8 Å². The quantitative estimate of drug-likeness (QED) is 0.510. The Labute approximate surface area is 89.8 Å². The molecule has 1 aliphatic rings. The molecule has 0 heterocycles. The van der Waals surface area contributed by atoms with Crippen molar-refractivity contribution < 1.29 is 0 Å². The zero-order valence-corrected chi connectivity index (χ0v) is 10.1. The Morgan fingerprint density at radius 1 is 1.29 bits per heavy atom. The lowest BCUT2D eigenvalue weighted by atomic mass is 10.0. The zero-order valence-electron chi connectivity index (χ0n) is 10.1. The summed E-state index contributed by atoms with van der Waals surface area (Å²) in [5, 5.41) is 0. The lowest BCUT2D eigenvalue weighted by Gasteiger charge is -2.03. The largest absolute Gasteiger partial charge is 0.0854 e. The second-order valence-corrected chi connectivity index (χ2v) is 4.95. The van der Waals surface area contributed by atoms with Gasteiger partial charge >= 0.3 is 0 Å². The van der Waals surface area contributed by atoms with Crippen molar-refractivity contribution in [1.82, 2.24) is 0 Å². The molecule has 14 heavy (non-hydrogen) atoms. The Bertz CT molecular complexity index is 165. The molecule has 1 fully saturated rings. The Balaban J connectivity index is 2.08. The minimum absolute atomic E-state index is 0.804. The van der Waals surface area contributed by atoms with Gasteiger partial charge < -0.3 is 0 Å². The van der Waals surface area contributed by atoms with Crippen LogP contribution in [0.5, 0.6) is 0 Å². The van der Waals surface area contributed by atoms with E-state index >= 15 is 0 Å². The average Bonchev–Trinajstić information content (AvgIpc) is 2.91. The van der Waals surface area contributed by atoms with E-state index in [4.69, 9.17) is 0 Å². The maximum atomic E-state index is 2.49. The van der Waals surface area contributed by atoms with E-state index in [0.717, 1.165) is 17.8 Å². The van der Waals surface area contributed by atoms with Gasteiger partial charge in [0, 0.05) is 0 Å². The minimum Gasteiger partial charge on any atom is -0.0854 e. The van der Waals surface area contributed by atoms with Gasteiger partial charge in [-0.1, -0.05) is 58.6 Å². The summed E-state index contributed by atoms with van der Waals surface area (Å²) >= 11 is 0. The molecule has 0 aromatic carbocycles. The molecule has 82 valence electrons. The first-order chi connectivity index (χ1) is 6.77. The monoisotopic (exact) mass is 194 g/mol. The summed E-state index contributed by atoms with van der Waals surface area (Å²) in [6.07, 6.45) is 13.3. The van der Waals surface area contributed by atoms with Gasteiger partial charge in [0.2, 0.25) is 0 Å². The van der Waals surface area contributed by atoms with Gasteiger partial charge in [-0.15, -0.1) is 0 Å². The molecule has 0 amide bonds. The number of hydrogen-bond donors (Lipinski definition) is 0. The van der Waals surface area contributed by atoms with Crippen LogP contribution in [0.15, 0.2) is 12.2 Å². The van der Waals surface area contributed by atoms with Crippen molar-refractivity contribution in [2.24, 2.45) is 17.8 Å². The topological polar surface area (TPSA) is 0 Å². The highest BCUT2D eigenvalue weighted by atomic mass is 14.4. The van der Waals surface area contributed by atoms with E-state index in [1.165, 1.54) is 38.5 Å². The van der Waals surface area contributed by atoms with Crippen LogP contribution in [0.2, 0.25) is 0 Å². The van der Waals surface area contributed by atoms with Gasteiger partial charge in [-0.05, 0) is 30.6 Å². The first kappa shape index (κ1) is 11.8. The molecular formula is C14H26. The second kappa shape index (κ2) is 6.27. The molecule has 3 unspecified atom stereocenters. The summed E-state index contributed by atoms with van der Waals surface area (Å²) in [5.74, 6) is 2.78. The smallest absolute Gasteiger partial charge is 0.0202 e. The van der Waals surface area contributed by atoms with Crippen LogP contribution in [-0.2, 0) is 0 Å². The lowest BCUT2D eigenvalue weighted by molar-refractivity contribution is 0.594. The first-order valence-electron chi connectivity index (χ1n) is 6.46. The van der Waals surface area contributed by atoms with Crippen LogP contribution in [0.4, 0.5) is 0 Å². The van der Waals surface area contributed by atoms with Gasteiger partial charge in [0.15, 0.2) is 0 Å². The van der Waals surface area contributed by atoms with Gasteiger partial charge in [-0.25, -0.2) is 0 Å². The van der Waals surface area contributed by atoms with Crippen LogP contribution >= 0.6 is 0 Å². The fourth-order valence-corrected chi connectivity index (χ4v) is 2.16. The molecule has 1 aliphatic carbocycles. The summed E-state index contributed by atoms with van der Waals surface area (Å²) in [7, 11) is 0. The molecule has 0 saturated heterocycles. The third-order valence-corrected chi connectivity index (χ3v) is 3.34. The minimum atomic E-state index is 0.804. The molecule has 0 nitrogen and oxygen atoms in total. The Kier molecular flexibility index (Phi) is 5.29. The predicted octanol–water partition coefficient (Wildman–Crippen LogP) is 4.81. The van der Waals surface area contributed by atoms with Gasteiger partial charge in [-0.2, -0.15) is 0 Å². The molecule has 0 aromatic heterocycles.